The van der Waals surface area contributed by atoms with Gasteiger partial charge in [-0.3, -0.25) is 9.48 Å². The van der Waals surface area contributed by atoms with Crippen molar-refractivity contribution >= 4 is 28.3 Å². The number of aromatic nitrogens is 5. The van der Waals surface area contributed by atoms with Crippen LogP contribution in [0.4, 0.5) is 5.69 Å². The standard InChI is InChI=1S/C28H34ClN7O2/c1-18-14-20(19-3-9-35(10-4-19)22-5-12-38-13-6-22)15-24-26(18)34-27(33-24)25-23(2-7-31-28(25)37)30-8-11-36-17-21(29)16-32-36/h2,7,14-17,19,22H,3-6,8-13H2,1H3,(H,33,34)(H2,30,31,37). The number of piperidine rings is 1. The molecule has 3 aromatic heterocycles. The van der Waals surface area contributed by atoms with Crippen molar-refractivity contribution in [1.29, 1.82) is 0 Å². The number of ether oxygens (including phenoxy) is 1. The van der Waals surface area contributed by atoms with E-state index in [0.29, 0.717) is 41.5 Å². The minimum atomic E-state index is -0.186. The Kier molecular flexibility index (Phi) is 7.23. The Balaban J connectivity index is 1.20. The maximum atomic E-state index is 12.9. The summed E-state index contributed by atoms with van der Waals surface area (Å²) < 4.78 is 7.32. The summed E-state index contributed by atoms with van der Waals surface area (Å²) in [6.45, 7) is 7.38. The van der Waals surface area contributed by atoms with Crippen LogP contribution in [0.3, 0.4) is 0 Å². The molecule has 2 aliphatic rings. The molecule has 3 N–H and O–H groups in total. The lowest BCUT2D eigenvalue weighted by atomic mass is 9.87. The van der Waals surface area contributed by atoms with Crippen molar-refractivity contribution in [3.05, 3.63) is 63.3 Å². The molecular formula is C28H34ClN7O2. The van der Waals surface area contributed by atoms with E-state index in [-0.39, 0.29) is 5.56 Å². The second kappa shape index (κ2) is 10.9. The fourth-order valence-electron chi connectivity index (χ4n) is 5.95. The topological polar surface area (TPSA) is 104 Å². The number of halogens is 1. The smallest absolute Gasteiger partial charge is 0.261 e. The zero-order valence-corrected chi connectivity index (χ0v) is 22.4. The molecule has 0 saturated carbocycles. The number of H-pyrrole nitrogens is 2. The van der Waals surface area contributed by atoms with Crippen molar-refractivity contribution in [2.75, 3.05) is 38.2 Å². The van der Waals surface area contributed by atoms with Crippen molar-refractivity contribution in [2.45, 2.75) is 51.1 Å². The summed E-state index contributed by atoms with van der Waals surface area (Å²) >= 11 is 5.97. The van der Waals surface area contributed by atoms with Gasteiger partial charge in [0.05, 0.1) is 34.5 Å². The first-order valence-electron chi connectivity index (χ1n) is 13.5. The molecule has 1 aromatic carbocycles. The van der Waals surface area contributed by atoms with Crippen molar-refractivity contribution in [3.63, 3.8) is 0 Å². The molecule has 9 nitrogen and oxygen atoms in total. The molecule has 200 valence electrons. The Morgan fingerprint density at radius 3 is 2.76 bits per heavy atom. The monoisotopic (exact) mass is 535 g/mol. The largest absolute Gasteiger partial charge is 0.382 e. The highest BCUT2D eigenvalue weighted by Gasteiger charge is 2.27. The van der Waals surface area contributed by atoms with Crippen LogP contribution in [0.5, 0.6) is 0 Å². The van der Waals surface area contributed by atoms with Crippen molar-refractivity contribution in [2.24, 2.45) is 0 Å². The molecule has 0 bridgehead atoms. The number of hydrogen-bond acceptors (Lipinski definition) is 6. The number of aryl methyl sites for hydroxylation is 1. The van der Waals surface area contributed by atoms with Gasteiger partial charge in [-0.05, 0) is 74.9 Å². The maximum absolute atomic E-state index is 12.9. The van der Waals surface area contributed by atoms with E-state index in [1.165, 1.54) is 5.56 Å². The number of pyridine rings is 1. The number of nitrogens with zero attached hydrogens (tertiary/aromatic N) is 4. The van der Waals surface area contributed by atoms with Gasteiger partial charge in [-0.25, -0.2) is 4.98 Å². The van der Waals surface area contributed by atoms with Gasteiger partial charge >= 0.3 is 0 Å². The molecule has 38 heavy (non-hydrogen) atoms. The molecule has 4 aromatic rings. The second-order valence-electron chi connectivity index (χ2n) is 10.4. The summed E-state index contributed by atoms with van der Waals surface area (Å²) in [5.74, 6) is 1.11. The average molecular weight is 536 g/mol. The van der Waals surface area contributed by atoms with Crippen molar-refractivity contribution < 1.29 is 4.74 Å². The van der Waals surface area contributed by atoms with E-state index < -0.39 is 0 Å². The van der Waals surface area contributed by atoms with Gasteiger partial charge in [-0.1, -0.05) is 17.7 Å². The molecule has 0 atom stereocenters. The Hall–Kier alpha value is -3.14. The third-order valence-electron chi connectivity index (χ3n) is 7.96. The van der Waals surface area contributed by atoms with Gasteiger partial charge in [0.15, 0.2) is 0 Å². The first-order chi connectivity index (χ1) is 18.5. The molecule has 2 fully saturated rings. The number of nitrogens with one attached hydrogen (secondary N) is 3. The van der Waals surface area contributed by atoms with E-state index in [0.717, 1.165) is 74.3 Å². The van der Waals surface area contributed by atoms with E-state index >= 15 is 0 Å². The zero-order valence-electron chi connectivity index (χ0n) is 21.7. The lowest BCUT2D eigenvalue weighted by Gasteiger charge is -2.39. The second-order valence-corrected chi connectivity index (χ2v) is 10.9. The summed E-state index contributed by atoms with van der Waals surface area (Å²) in [6.07, 6.45) is 9.67. The maximum Gasteiger partial charge on any atom is 0.261 e. The van der Waals surface area contributed by atoms with Gasteiger partial charge in [0.2, 0.25) is 0 Å². The molecule has 0 spiro atoms. The molecule has 0 radical (unpaired) electrons. The molecule has 0 aliphatic carbocycles. The number of imidazole rings is 1. The van der Waals surface area contributed by atoms with Crippen LogP contribution in [0.2, 0.25) is 5.02 Å². The summed E-state index contributed by atoms with van der Waals surface area (Å²) in [7, 11) is 0. The van der Waals surface area contributed by atoms with Crippen LogP contribution in [-0.2, 0) is 11.3 Å². The lowest BCUT2D eigenvalue weighted by molar-refractivity contribution is 0.0252. The molecule has 5 heterocycles. The summed E-state index contributed by atoms with van der Waals surface area (Å²) in [5.41, 5.74) is 5.41. The fourth-order valence-corrected chi connectivity index (χ4v) is 6.10. The van der Waals surface area contributed by atoms with Gasteiger partial charge in [0, 0.05) is 38.2 Å². The first kappa shape index (κ1) is 25.2. The lowest BCUT2D eigenvalue weighted by Crippen LogP contribution is -2.43. The number of anilines is 1. The Labute approximate surface area is 226 Å². The van der Waals surface area contributed by atoms with Gasteiger partial charge < -0.3 is 24.9 Å². The van der Waals surface area contributed by atoms with E-state index in [1.807, 2.05) is 6.07 Å². The highest BCUT2D eigenvalue weighted by molar-refractivity contribution is 6.30. The molecule has 0 amide bonds. The van der Waals surface area contributed by atoms with E-state index in [4.69, 9.17) is 21.3 Å². The number of rotatable bonds is 7. The molecule has 2 aliphatic heterocycles. The quantitative estimate of drug-likeness (QED) is 0.321. The molecule has 0 unspecified atom stereocenters. The number of fused-ring (bicyclic) bond motifs is 1. The van der Waals surface area contributed by atoms with Crippen LogP contribution >= 0.6 is 11.6 Å². The highest BCUT2D eigenvalue weighted by atomic mass is 35.5. The number of hydrogen-bond donors (Lipinski definition) is 3. The molecule has 2 saturated heterocycles. The van der Waals surface area contributed by atoms with Crippen molar-refractivity contribution in [1.82, 2.24) is 29.6 Å². The van der Waals surface area contributed by atoms with Crippen LogP contribution in [-0.4, -0.2) is 68.5 Å². The van der Waals surface area contributed by atoms with Crippen LogP contribution in [0, 0.1) is 6.92 Å². The summed E-state index contributed by atoms with van der Waals surface area (Å²) in [6, 6.07) is 7.06. The summed E-state index contributed by atoms with van der Waals surface area (Å²) in [4.78, 5) is 26.7. The van der Waals surface area contributed by atoms with Crippen LogP contribution in [0.1, 0.15) is 42.7 Å². The van der Waals surface area contributed by atoms with Crippen LogP contribution in [0.25, 0.3) is 22.4 Å². The minimum Gasteiger partial charge on any atom is -0.382 e. The van der Waals surface area contributed by atoms with Crippen LogP contribution < -0.4 is 10.9 Å². The SMILES string of the molecule is Cc1cc(C2CCN(C3CCOCC3)CC2)cc2[nH]c(-c3c(NCCn4cc(Cl)cn4)cc[nH]c3=O)nc12. The Bertz CT molecular complexity index is 1460. The van der Waals surface area contributed by atoms with Gasteiger partial charge in [0.25, 0.3) is 5.56 Å². The zero-order chi connectivity index (χ0) is 26.1. The van der Waals surface area contributed by atoms with Crippen LogP contribution in [0.15, 0.2) is 41.6 Å². The predicted molar refractivity (Wildman–Crippen MR) is 150 cm³/mol. The molecule has 6 rings (SSSR count). The predicted octanol–water partition coefficient (Wildman–Crippen LogP) is 4.55. The average Bonchev–Trinajstić information content (AvgIpc) is 3.55. The first-order valence-corrected chi connectivity index (χ1v) is 13.9. The van der Waals surface area contributed by atoms with Gasteiger partial charge in [-0.2, -0.15) is 5.10 Å². The normalized spacial score (nSPS) is 17.8. The highest BCUT2D eigenvalue weighted by Crippen LogP contribution is 2.34. The van der Waals surface area contributed by atoms with Gasteiger partial charge in [0.1, 0.15) is 11.4 Å². The number of benzene rings is 1. The van der Waals surface area contributed by atoms with Gasteiger partial charge in [-0.15, -0.1) is 0 Å². The Morgan fingerprint density at radius 2 is 2.00 bits per heavy atom. The van der Waals surface area contributed by atoms with E-state index in [9.17, 15) is 4.79 Å². The van der Waals surface area contributed by atoms with E-state index in [1.54, 1.807) is 23.3 Å². The fraction of sp³-hybridized carbons (Fsp3) is 0.464. The molecular weight excluding hydrogens is 502 g/mol. The summed E-state index contributed by atoms with van der Waals surface area (Å²) in [5, 5.41) is 8.18. The minimum absolute atomic E-state index is 0.186. The Morgan fingerprint density at radius 1 is 1.18 bits per heavy atom. The molecule has 10 heteroatoms. The van der Waals surface area contributed by atoms with E-state index in [2.05, 4.69) is 44.3 Å². The third-order valence-corrected chi connectivity index (χ3v) is 8.16. The third kappa shape index (κ3) is 5.23. The number of aromatic amines is 2. The van der Waals surface area contributed by atoms with Crippen molar-refractivity contribution in [3.8, 4) is 11.4 Å². The number of likely N-dealkylation sites (tertiary alicyclic amines) is 1.